The van der Waals surface area contributed by atoms with E-state index in [2.05, 4.69) is 27.7 Å². The second-order valence-corrected chi connectivity index (χ2v) is 11.4. The van der Waals surface area contributed by atoms with Crippen LogP contribution in [0.1, 0.15) is 85.5 Å². The van der Waals surface area contributed by atoms with E-state index in [1.165, 1.54) is 24.8 Å². The Balaban J connectivity index is 1.56. The molecule has 1 unspecified atom stereocenters. The van der Waals surface area contributed by atoms with Gasteiger partial charge in [0, 0.05) is 18.3 Å². The molecule has 4 aliphatic carbocycles. The Morgan fingerprint density at radius 2 is 1.75 bits per heavy atom. The molecule has 5 rings (SSSR count). The number of hydrogen-bond donors (Lipinski definition) is 0. The number of ketones is 1. The van der Waals surface area contributed by atoms with Crippen LogP contribution in [0.2, 0.25) is 0 Å². The highest BCUT2D eigenvalue weighted by Crippen LogP contribution is 2.71. The number of hydrogen-bond acceptors (Lipinski definition) is 3. The molecule has 0 bridgehead atoms. The minimum atomic E-state index is -0.194. The summed E-state index contributed by atoms with van der Waals surface area (Å²) in [6, 6.07) is 0. The Kier molecular flexibility index (Phi) is 4.01. The molecule has 0 aromatic rings. The predicted molar refractivity (Wildman–Crippen MR) is 108 cm³/mol. The Morgan fingerprint density at radius 1 is 1.00 bits per heavy atom. The third kappa shape index (κ3) is 2.28. The van der Waals surface area contributed by atoms with Gasteiger partial charge in [-0.2, -0.15) is 0 Å². The van der Waals surface area contributed by atoms with E-state index in [4.69, 9.17) is 4.74 Å². The Bertz CT molecular complexity index is 751. The number of esters is 1. The lowest BCUT2D eigenvalue weighted by Gasteiger charge is -2.62. The summed E-state index contributed by atoms with van der Waals surface area (Å²) < 4.78 is 6.11. The molecular formula is C25H36O3. The zero-order valence-corrected chi connectivity index (χ0v) is 18.1. The number of rotatable bonds is 1. The Labute approximate surface area is 169 Å². The Morgan fingerprint density at radius 3 is 2.43 bits per heavy atom. The van der Waals surface area contributed by atoms with Crippen LogP contribution >= 0.6 is 0 Å². The maximum absolute atomic E-state index is 12.2. The van der Waals surface area contributed by atoms with E-state index in [0.717, 1.165) is 32.1 Å². The third-order valence-corrected chi connectivity index (χ3v) is 10.2. The molecule has 5 aliphatic rings. The molecule has 3 heteroatoms. The summed E-state index contributed by atoms with van der Waals surface area (Å²) >= 11 is 0. The topological polar surface area (TPSA) is 43.4 Å². The van der Waals surface area contributed by atoms with Crippen molar-refractivity contribution in [3.8, 4) is 0 Å². The molecule has 7 atom stereocenters. The van der Waals surface area contributed by atoms with Gasteiger partial charge < -0.3 is 4.74 Å². The lowest BCUT2D eigenvalue weighted by Crippen LogP contribution is -2.57. The van der Waals surface area contributed by atoms with E-state index in [0.29, 0.717) is 41.8 Å². The largest absolute Gasteiger partial charge is 0.458 e. The maximum Gasteiger partial charge on any atom is 0.306 e. The summed E-state index contributed by atoms with van der Waals surface area (Å²) in [6.07, 6.45) is 11.1. The van der Waals surface area contributed by atoms with Crippen molar-refractivity contribution in [3.05, 3.63) is 11.6 Å². The molecule has 1 aliphatic heterocycles. The zero-order valence-electron chi connectivity index (χ0n) is 18.1. The Hall–Kier alpha value is -1.12. The number of carbonyl (C=O) groups excluding carboxylic acids is 2. The van der Waals surface area contributed by atoms with Crippen molar-refractivity contribution in [2.24, 2.45) is 40.4 Å². The summed E-state index contributed by atoms with van der Waals surface area (Å²) in [5.41, 5.74) is 1.59. The average Bonchev–Trinajstić information content (AvgIpc) is 3.16. The van der Waals surface area contributed by atoms with Crippen molar-refractivity contribution in [3.63, 3.8) is 0 Å². The normalized spacial score (nSPS) is 50.2. The third-order valence-electron chi connectivity index (χ3n) is 10.2. The highest BCUT2D eigenvalue weighted by Gasteiger charge is 2.68. The first kappa shape index (κ1) is 18.9. The van der Waals surface area contributed by atoms with Gasteiger partial charge in [-0.3, -0.25) is 9.59 Å². The van der Waals surface area contributed by atoms with Gasteiger partial charge in [0.15, 0.2) is 5.78 Å². The van der Waals surface area contributed by atoms with Gasteiger partial charge in [-0.1, -0.05) is 33.3 Å². The van der Waals surface area contributed by atoms with E-state index in [-0.39, 0.29) is 22.4 Å². The minimum Gasteiger partial charge on any atom is -0.458 e. The van der Waals surface area contributed by atoms with Gasteiger partial charge in [0.05, 0.1) is 0 Å². The summed E-state index contributed by atoms with van der Waals surface area (Å²) in [6.45, 7) is 9.67. The molecule has 28 heavy (non-hydrogen) atoms. The van der Waals surface area contributed by atoms with Crippen LogP contribution < -0.4 is 0 Å². The van der Waals surface area contributed by atoms with Gasteiger partial charge in [0.1, 0.15) is 5.60 Å². The van der Waals surface area contributed by atoms with Crippen LogP contribution in [-0.4, -0.2) is 17.4 Å². The number of fused-ring (bicyclic) bond motifs is 6. The first-order valence-corrected chi connectivity index (χ1v) is 11.7. The van der Waals surface area contributed by atoms with E-state index in [1.54, 1.807) is 0 Å². The van der Waals surface area contributed by atoms with Gasteiger partial charge in [0.2, 0.25) is 0 Å². The molecule has 1 spiro atoms. The zero-order chi connectivity index (χ0) is 19.9. The second kappa shape index (κ2) is 5.95. The van der Waals surface area contributed by atoms with E-state index in [1.807, 2.05) is 6.08 Å². The quantitative estimate of drug-likeness (QED) is 0.563. The van der Waals surface area contributed by atoms with Gasteiger partial charge >= 0.3 is 5.97 Å². The summed E-state index contributed by atoms with van der Waals surface area (Å²) in [4.78, 5) is 24.3. The molecule has 1 heterocycles. The first-order valence-electron chi connectivity index (χ1n) is 11.7. The van der Waals surface area contributed by atoms with E-state index >= 15 is 0 Å². The molecule has 0 aromatic carbocycles. The minimum absolute atomic E-state index is 0.0241. The highest BCUT2D eigenvalue weighted by molar-refractivity contribution is 5.91. The fourth-order valence-corrected chi connectivity index (χ4v) is 8.59. The highest BCUT2D eigenvalue weighted by atomic mass is 16.6. The van der Waals surface area contributed by atoms with Crippen molar-refractivity contribution < 1.29 is 14.3 Å². The van der Waals surface area contributed by atoms with Crippen molar-refractivity contribution >= 4 is 11.8 Å². The van der Waals surface area contributed by atoms with Crippen LogP contribution in [0, 0.1) is 40.4 Å². The molecule has 1 saturated heterocycles. The molecule has 0 aromatic heterocycles. The summed E-state index contributed by atoms with van der Waals surface area (Å²) in [5, 5.41) is 0. The lowest BCUT2D eigenvalue weighted by molar-refractivity contribution is -0.172. The predicted octanol–water partition coefficient (Wildman–Crippen LogP) is 5.48. The van der Waals surface area contributed by atoms with Crippen molar-refractivity contribution in [2.45, 2.75) is 91.1 Å². The lowest BCUT2D eigenvalue weighted by atomic mass is 9.43. The second-order valence-electron chi connectivity index (χ2n) is 11.4. The van der Waals surface area contributed by atoms with Crippen molar-refractivity contribution in [2.75, 3.05) is 0 Å². The number of allylic oxidation sites excluding steroid dienone is 1. The molecule has 0 radical (unpaired) electrons. The van der Waals surface area contributed by atoms with Crippen LogP contribution in [0.25, 0.3) is 0 Å². The van der Waals surface area contributed by atoms with Crippen LogP contribution in [-0.2, 0) is 14.3 Å². The SMILES string of the molecule is CC(C)[C@@H]1CC2=CC(=O)CC[C@]2(C)[C@H]2CC[C@@]3(C)[C@@H](CC[C@@]34CCC(=O)O4)C12. The van der Waals surface area contributed by atoms with Crippen LogP contribution in [0.4, 0.5) is 0 Å². The molecule has 154 valence electrons. The monoisotopic (exact) mass is 384 g/mol. The van der Waals surface area contributed by atoms with E-state index < -0.39 is 0 Å². The smallest absolute Gasteiger partial charge is 0.306 e. The van der Waals surface area contributed by atoms with Gasteiger partial charge in [0.25, 0.3) is 0 Å². The van der Waals surface area contributed by atoms with Crippen LogP contribution in [0.3, 0.4) is 0 Å². The van der Waals surface area contributed by atoms with Crippen molar-refractivity contribution in [1.29, 1.82) is 0 Å². The fourth-order valence-electron chi connectivity index (χ4n) is 8.59. The molecule has 3 saturated carbocycles. The van der Waals surface area contributed by atoms with Crippen LogP contribution in [0.15, 0.2) is 11.6 Å². The molecule has 4 fully saturated rings. The number of ether oxygens (including phenoxy) is 1. The fraction of sp³-hybridized carbons (Fsp3) is 0.840. The standard InChI is InChI=1S/C25H36O3/c1-15(2)18-14-16-13-17(26)5-9-23(16,3)19-6-10-24(4)20(22(18)19)7-11-25(24)12-8-21(27)28-25/h13,15,18-20,22H,5-12,14H2,1-4H3/t18-,19-,20-,22?,23-,24-,25+/m0/s1. The molecular weight excluding hydrogens is 348 g/mol. The van der Waals surface area contributed by atoms with Gasteiger partial charge in [-0.25, -0.2) is 0 Å². The average molecular weight is 385 g/mol. The van der Waals surface area contributed by atoms with Gasteiger partial charge in [-0.15, -0.1) is 0 Å². The van der Waals surface area contributed by atoms with Crippen molar-refractivity contribution in [1.82, 2.24) is 0 Å². The van der Waals surface area contributed by atoms with Gasteiger partial charge in [-0.05, 0) is 86.0 Å². The first-order chi connectivity index (χ1) is 13.2. The summed E-state index contributed by atoms with van der Waals surface area (Å²) in [5.74, 6) is 3.67. The molecule has 3 nitrogen and oxygen atoms in total. The van der Waals surface area contributed by atoms with Crippen LogP contribution in [0.5, 0.6) is 0 Å². The molecule has 0 N–H and O–H groups in total. The maximum atomic E-state index is 12.2. The molecule has 0 amide bonds. The summed E-state index contributed by atoms with van der Waals surface area (Å²) in [7, 11) is 0. The number of carbonyl (C=O) groups is 2. The van der Waals surface area contributed by atoms with E-state index in [9.17, 15) is 9.59 Å².